The number of hydrogen-bond donors (Lipinski definition) is 1. The lowest BCUT2D eigenvalue weighted by Crippen LogP contribution is -2.23. The van der Waals surface area contributed by atoms with E-state index < -0.39 is 10.0 Å². The molecular weight excluding hydrogens is 200 g/mol. The van der Waals surface area contributed by atoms with Crippen molar-refractivity contribution in [2.75, 3.05) is 12.0 Å². The van der Waals surface area contributed by atoms with Crippen LogP contribution in [0.2, 0.25) is 0 Å². The summed E-state index contributed by atoms with van der Waals surface area (Å²) in [6, 6.07) is 5.56. The minimum atomic E-state index is -3.11. The Labute approximate surface area is 83.4 Å². The second-order valence-corrected chi connectivity index (χ2v) is 5.50. The van der Waals surface area contributed by atoms with Crippen molar-refractivity contribution in [2.45, 2.75) is 13.1 Å². The zero-order chi connectivity index (χ0) is 10.3. The first-order chi connectivity index (χ1) is 6.48. The average molecular weight is 212 g/mol. The molecule has 0 saturated carbocycles. The summed E-state index contributed by atoms with van der Waals surface area (Å²) in [4.78, 5) is 0. The maximum atomic E-state index is 11.3. The van der Waals surface area contributed by atoms with Gasteiger partial charge in [0, 0.05) is 18.8 Å². The van der Waals surface area contributed by atoms with Crippen LogP contribution in [0.4, 0.5) is 5.69 Å². The number of rotatable bonds is 1. The Morgan fingerprint density at radius 2 is 2.07 bits per heavy atom. The monoisotopic (exact) mass is 212 g/mol. The lowest BCUT2D eigenvalue weighted by atomic mass is 10.1. The Balaban J connectivity index is 2.40. The van der Waals surface area contributed by atoms with Crippen molar-refractivity contribution < 1.29 is 8.42 Å². The maximum absolute atomic E-state index is 11.3. The summed E-state index contributed by atoms with van der Waals surface area (Å²) in [6.45, 7) is 0.847. The Morgan fingerprint density at radius 3 is 2.64 bits per heavy atom. The molecule has 0 bridgehead atoms. The minimum absolute atomic E-state index is 0.404. The van der Waals surface area contributed by atoms with E-state index in [2.05, 4.69) is 0 Å². The number of nitrogens with zero attached hydrogens (tertiary/aromatic N) is 1. The van der Waals surface area contributed by atoms with Crippen LogP contribution in [0.15, 0.2) is 18.2 Å². The maximum Gasteiger partial charge on any atom is 0.211 e. The quantitative estimate of drug-likeness (QED) is 0.691. The van der Waals surface area contributed by atoms with Crippen molar-refractivity contribution in [3.63, 3.8) is 0 Å². The molecule has 4 nitrogen and oxygen atoms in total. The van der Waals surface area contributed by atoms with Crippen LogP contribution in [0.5, 0.6) is 0 Å². The predicted octanol–water partition coefficient (Wildman–Crippen LogP) is 0.544. The van der Waals surface area contributed by atoms with Crippen LogP contribution in [0, 0.1) is 0 Å². The van der Waals surface area contributed by atoms with Crippen molar-refractivity contribution in [1.82, 2.24) is 4.31 Å². The summed E-state index contributed by atoms with van der Waals surface area (Å²) in [6.07, 6.45) is 1.22. The molecule has 76 valence electrons. The van der Waals surface area contributed by atoms with E-state index >= 15 is 0 Å². The van der Waals surface area contributed by atoms with E-state index in [0.717, 1.165) is 11.1 Å². The molecule has 0 radical (unpaired) electrons. The van der Waals surface area contributed by atoms with Crippen molar-refractivity contribution in [3.05, 3.63) is 29.3 Å². The molecule has 0 saturated heterocycles. The zero-order valence-corrected chi connectivity index (χ0v) is 8.71. The molecule has 2 rings (SSSR count). The van der Waals surface area contributed by atoms with Crippen LogP contribution in [-0.2, 0) is 23.1 Å². The molecule has 1 aliphatic heterocycles. The first-order valence-corrected chi connectivity index (χ1v) is 6.14. The second kappa shape index (κ2) is 2.96. The Bertz CT molecular complexity index is 468. The van der Waals surface area contributed by atoms with Crippen molar-refractivity contribution in [2.24, 2.45) is 0 Å². The highest BCUT2D eigenvalue weighted by Crippen LogP contribution is 2.28. The first-order valence-electron chi connectivity index (χ1n) is 4.30. The van der Waals surface area contributed by atoms with Crippen molar-refractivity contribution >= 4 is 15.7 Å². The molecule has 1 heterocycles. The number of hydrogen-bond acceptors (Lipinski definition) is 3. The molecule has 5 heteroatoms. The van der Waals surface area contributed by atoms with Gasteiger partial charge in [-0.1, -0.05) is 12.1 Å². The molecule has 14 heavy (non-hydrogen) atoms. The van der Waals surface area contributed by atoms with E-state index in [1.54, 1.807) is 6.07 Å². The highest BCUT2D eigenvalue weighted by atomic mass is 32.2. The lowest BCUT2D eigenvalue weighted by Gasteiger charge is -2.10. The fourth-order valence-corrected chi connectivity index (χ4v) is 2.39. The van der Waals surface area contributed by atoms with Crippen LogP contribution < -0.4 is 5.73 Å². The molecule has 0 aliphatic carbocycles. The van der Waals surface area contributed by atoms with Crippen LogP contribution in [0.3, 0.4) is 0 Å². The van der Waals surface area contributed by atoms with E-state index in [1.165, 1.54) is 10.6 Å². The summed E-state index contributed by atoms with van der Waals surface area (Å²) in [5.74, 6) is 0. The Kier molecular flexibility index (Phi) is 2.01. The summed E-state index contributed by atoms with van der Waals surface area (Å²) < 4.78 is 24.0. The van der Waals surface area contributed by atoms with Crippen LogP contribution >= 0.6 is 0 Å². The van der Waals surface area contributed by atoms with E-state index in [0.29, 0.717) is 18.8 Å². The van der Waals surface area contributed by atoms with Gasteiger partial charge in [0.1, 0.15) is 0 Å². The molecular formula is C9H12N2O2S. The van der Waals surface area contributed by atoms with Gasteiger partial charge in [-0.3, -0.25) is 0 Å². The van der Waals surface area contributed by atoms with Gasteiger partial charge in [0.2, 0.25) is 10.0 Å². The molecule has 1 aromatic carbocycles. The zero-order valence-electron chi connectivity index (χ0n) is 7.90. The van der Waals surface area contributed by atoms with Gasteiger partial charge in [-0.25, -0.2) is 8.42 Å². The van der Waals surface area contributed by atoms with Gasteiger partial charge in [-0.2, -0.15) is 4.31 Å². The third-order valence-corrected chi connectivity index (χ3v) is 3.66. The van der Waals surface area contributed by atoms with Crippen molar-refractivity contribution in [1.29, 1.82) is 0 Å². The number of anilines is 1. The summed E-state index contributed by atoms with van der Waals surface area (Å²) in [5.41, 5.74) is 8.38. The molecule has 1 aliphatic rings. The van der Waals surface area contributed by atoms with Crippen LogP contribution in [0.25, 0.3) is 0 Å². The SMILES string of the molecule is CS(=O)(=O)N1Cc2cccc(N)c2C1. The van der Waals surface area contributed by atoms with Crippen LogP contribution in [0.1, 0.15) is 11.1 Å². The third kappa shape index (κ3) is 1.49. The van der Waals surface area contributed by atoms with Gasteiger partial charge < -0.3 is 5.73 Å². The molecule has 0 fully saturated rings. The average Bonchev–Trinajstić information content (AvgIpc) is 2.48. The lowest BCUT2D eigenvalue weighted by molar-refractivity contribution is 0.436. The molecule has 0 atom stereocenters. The first kappa shape index (κ1) is 9.48. The molecule has 1 aromatic rings. The molecule has 0 aromatic heterocycles. The van der Waals surface area contributed by atoms with E-state index in [1.807, 2.05) is 12.1 Å². The third-order valence-electron chi connectivity index (χ3n) is 2.46. The molecule has 0 amide bonds. The number of nitrogen functional groups attached to an aromatic ring is 1. The van der Waals surface area contributed by atoms with Gasteiger partial charge >= 0.3 is 0 Å². The number of benzene rings is 1. The largest absolute Gasteiger partial charge is 0.398 e. The van der Waals surface area contributed by atoms with E-state index in [-0.39, 0.29) is 0 Å². The van der Waals surface area contributed by atoms with Crippen molar-refractivity contribution in [3.8, 4) is 0 Å². The van der Waals surface area contributed by atoms with Gasteiger partial charge in [0.15, 0.2) is 0 Å². The highest BCUT2D eigenvalue weighted by Gasteiger charge is 2.26. The molecule has 0 spiro atoms. The smallest absolute Gasteiger partial charge is 0.211 e. The van der Waals surface area contributed by atoms with Gasteiger partial charge in [-0.05, 0) is 17.2 Å². The Morgan fingerprint density at radius 1 is 1.36 bits per heavy atom. The fourth-order valence-electron chi connectivity index (χ4n) is 1.65. The second-order valence-electron chi connectivity index (χ2n) is 3.52. The Hall–Kier alpha value is -1.07. The highest BCUT2D eigenvalue weighted by molar-refractivity contribution is 7.88. The standard InChI is InChI=1S/C9H12N2O2S/c1-14(12,13)11-5-7-3-2-4-9(10)8(7)6-11/h2-4H,5-6,10H2,1H3. The predicted molar refractivity (Wildman–Crippen MR) is 54.9 cm³/mol. The number of fused-ring (bicyclic) bond motifs is 1. The summed E-state index contributed by atoms with van der Waals surface area (Å²) in [7, 11) is -3.11. The molecule has 0 unspecified atom stereocenters. The van der Waals surface area contributed by atoms with Crippen LogP contribution in [-0.4, -0.2) is 19.0 Å². The topological polar surface area (TPSA) is 63.4 Å². The van der Waals surface area contributed by atoms with E-state index in [4.69, 9.17) is 5.73 Å². The minimum Gasteiger partial charge on any atom is -0.398 e. The fraction of sp³-hybridized carbons (Fsp3) is 0.333. The van der Waals surface area contributed by atoms with Gasteiger partial charge in [-0.15, -0.1) is 0 Å². The van der Waals surface area contributed by atoms with E-state index in [9.17, 15) is 8.42 Å². The van der Waals surface area contributed by atoms with Gasteiger partial charge in [0.05, 0.1) is 6.26 Å². The summed E-state index contributed by atoms with van der Waals surface area (Å²) in [5, 5.41) is 0. The normalized spacial score (nSPS) is 16.9. The number of nitrogens with two attached hydrogens (primary N) is 1. The summed E-state index contributed by atoms with van der Waals surface area (Å²) >= 11 is 0. The molecule has 2 N–H and O–H groups in total. The number of sulfonamides is 1. The van der Waals surface area contributed by atoms with Gasteiger partial charge in [0.25, 0.3) is 0 Å².